The predicted octanol–water partition coefficient (Wildman–Crippen LogP) is 4.04. The summed E-state index contributed by atoms with van der Waals surface area (Å²) in [5.74, 6) is 0.220. The molecule has 2 rings (SSSR count). The molecule has 0 radical (unpaired) electrons. The molecule has 1 fully saturated rings. The lowest BCUT2D eigenvalue weighted by Gasteiger charge is -2.26. The summed E-state index contributed by atoms with van der Waals surface area (Å²) in [5, 5.41) is 8.53. The topological polar surface area (TPSA) is 50.1 Å². The highest BCUT2D eigenvalue weighted by Gasteiger charge is 2.23. The van der Waals surface area contributed by atoms with E-state index in [1.165, 1.54) is 5.56 Å². The van der Waals surface area contributed by atoms with Crippen LogP contribution in [-0.4, -0.2) is 12.1 Å². The predicted molar refractivity (Wildman–Crippen MR) is 81.7 cm³/mol. The van der Waals surface area contributed by atoms with Crippen molar-refractivity contribution in [2.24, 2.45) is 5.92 Å². The van der Waals surface area contributed by atoms with Crippen molar-refractivity contribution in [3.05, 3.63) is 47.5 Å². The average Bonchev–Trinajstić information content (AvgIpc) is 2.54. The zero-order chi connectivity index (χ0) is 15.1. The highest BCUT2D eigenvalue weighted by Crippen LogP contribution is 2.27. The number of nitriles is 1. The molecule has 0 unspecified atom stereocenters. The van der Waals surface area contributed by atoms with E-state index in [4.69, 9.17) is 10.00 Å². The van der Waals surface area contributed by atoms with Crippen molar-refractivity contribution in [1.82, 2.24) is 0 Å². The lowest BCUT2D eigenvalue weighted by Crippen LogP contribution is -2.24. The molecule has 0 bridgehead atoms. The second kappa shape index (κ2) is 7.64. The minimum Gasteiger partial charge on any atom is -0.459 e. The molecule has 1 aromatic carbocycles. The number of rotatable bonds is 4. The molecular weight excluding hydrogens is 262 g/mol. The van der Waals surface area contributed by atoms with E-state index in [1.54, 1.807) is 6.08 Å². The number of esters is 1. The van der Waals surface area contributed by atoms with Gasteiger partial charge in [0, 0.05) is 6.08 Å². The van der Waals surface area contributed by atoms with Crippen molar-refractivity contribution < 1.29 is 9.53 Å². The summed E-state index contributed by atoms with van der Waals surface area (Å²) in [6.07, 6.45) is 8.19. The maximum Gasteiger partial charge on any atom is 0.338 e. The van der Waals surface area contributed by atoms with Gasteiger partial charge in [0.15, 0.2) is 0 Å². The number of hydrogen-bond donors (Lipinski definition) is 0. The molecule has 0 spiro atoms. The molecule has 110 valence electrons. The van der Waals surface area contributed by atoms with Gasteiger partial charge < -0.3 is 4.74 Å². The molecule has 0 aromatic heterocycles. The van der Waals surface area contributed by atoms with Gasteiger partial charge in [0.1, 0.15) is 6.10 Å². The van der Waals surface area contributed by atoms with E-state index in [1.807, 2.05) is 36.4 Å². The first-order valence-electron chi connectivity index (χ1n) is 7.59. The van der Waals surface area contributed by atoms with Crippen LogP contribution in [0.2, 0.25) is 0 Å². The van der Waals surface area contributed by atoms with Crippen LogP contribution in [0.3, 0.4) is 0 Å². The molecule has 3 heteroatoms. The standard InChI is InChI=1S/C18H21NO2/c1-2-14-5-9-16(10-6-14)18(20)21-17-11-7-15(8-12-17)4-3-13-19/h3-6,9-10,15,17H,2,7-8,11-12H2,1H3. The molecule has 1 aliphatic rings. The first kappa shape index (κ1) is 15.3. The third-order valence-electron chi connectivity index (χ3n) is 4.03. The molecule has 0 N–H and O–H groups in total. The van der Waals surface area contributed by atoms with Crippen LogP contribution >= 0.6 is 0 Å². The molecule has 0 saturated heterocycles. The SMILES string of the molecule is CCc1ccc(C(=O)OC2CCC(C=CC#N)CC2)cc1. The summed E-state index contributed by atoms with van der Waals surface area (Å²) in [7, 11) is 0. The number of carbonyl (C=O) groups excluding carboxylic acids is 1. The van der Waals surface area contributed by atoms with Gasteiger partial charge in [0.05, 0.1) is 11.6 Å². The van der Waals surface area contributed by atoms with E-state index in [0.29, 0.717) is 11.5 Å². The summed E-state index contributed by atoms with van der Waals surface area (Å²) in [6.45, 7) is 2.09. The second-order valence-electron chi connectivity index (χ2n) is 5.48. The van der Waals surface area contributed by atoms with E-state index in [2.05, 4.69) is 6.92 Å². The van der Waals surface area contributed by atoms with Crippen LogP contribution in [0.5, 0.6) is 0 Å². The molecule has 0 heterocycles. The maximum absolute atomic E-state index is 12.1. The van der Waals surface area contributed by atoms with Crippen molar-refractivity contribution in [3.8, 4) is 6.07 Å². The van der Waals surface area contributed by atoms with Crippen molar-refractivity contribution in [2.75, 3.05) is 0 Å². The minimum absolute atomic E-state index is 0.00934. The van der Waals surface area contributed by atoms with E-state index in [0.717, 1.165) is 32.1 Å². The maximum atomic E-state index is 12.1. The molecule has 0 aliphatic heterocycles. The van der Waals surface area contributed by atoms with Crippen LogP contribution < -0.4 is 0 Å². The van der Waals surface area contributed by atoms with E-state index >= 15 is 0 Å². The monoisotopic (exact) mass is 283 g/mol. The number of benzene rings is 1. The average molecular weight is 283 g/mol. The van der Waals surface area contributed by atoms with Gasteiger partial charge in [-0.25, -0.2) is 4.79 Å². The molecule has 1 aliphatic carbocycles. The first-order chi connectivity index (χ1) is 10.2. The zero-order valence-electron chi connectivity index (χ0n) is 12.4. The second-order valence-corrected chi connectivity index (χ2v) is 5.48. The Labute approximate surface area is 126 Å². The van der Waals surface area contributed by atoms with Crippen LogP contribution in [0, 0.1) is 17.2 Å². The van der Waals surface area contributed by atoms with Gasteiger partial charge in [-0.2, -0.15) is 5.26 Å². The van der Waals surface area contributed by atoms with E-state index in [9.17, 15) is 4.79 Å². The zero-order valence-corrected chi connectivity index (χ0v) is 12.4. The van der Waals surface area contributed by atoms with Gasteiger partial charge in [0.25, 0.3) is 0 Å². The summed E-state index contributed by atoms with van der Waals surface area (Å²) in [5.41, 5.74) is 1.84. The number of aryl methyl sites for hydroxylation is 1. The van der Waals surface area contributed by atoms with Crippen molar-refractivity contribution >= 4 is 5.97 Å². The molecule has 0 atom stereocenters. The Hall–Kier alpha value is -2.08. The highest BCUT2D eigenvalue weighted by atomic mass is 16.5. The quantitative estimate of drug-likeness (QED) is 0.619. The molecule has 21 heavy (non-hydrogen) atoms. The third-order valence-corrected chi connectivity index (χ3v) is 4.03. The Morgan fingerprint density at radius 3 is 2.52 bits per heavy atom. The Kier molecular flexibility index (Phi) is 5.57. The minimum atomic E-state index is -0.228. The summed E-state index contributed by atoms with van der Waals surface area (Å²) in [6, 6.07) is 9.64. The summed E-state index contributed by atoms with van der Waals surface area (Å²) >= 11 is 0. The summed E-state index contributed by atoms with van der Waals surface area (Å²) < 4.78 is 5.58. The van der Waals surface area contributed by atoms with Crippen LogP contribution in [0.4, 0.5) is 0 Å². The lowest BCUT2D eigenvalue weighted by molar-refractivity contribution is 0.0185. The molecule has 3 nitrogen and oxygen atoms in total. The Morgan fingerprint density at radius 2 is 1.95 bits per heavy atom. The molecule has 1 aromatic rings. The van der Waals surface area contributed by atoms with Gasteiger partial charge >= 0.3 is 5.97 Å². The van der Waals surface area contributed by atoms with Crippen LogP contribution in [0.25, 0.3) is 0 Å². The summed E-state index contributed by atoms with van der Waals surface area (Å²) in [4.78, 5) is 12.1. The largest absolute Gasteiger partial charge is 0.459 e. The van der Waals surface area contributed by atoms with Crippen LogP contribution in [-0.2, 0) is 11.2 Å². The number of allylic oxidation sites excluding steroid dienone is 2. The fourth-order valence-corrected chi connectivity index (χ4v) is 2.67. The normalized spacial score (nSPS) is 21.9. The van der Waals surface area contributed by atoms with Crippen molar-refractivity contribution in [3.63, 3.8) is 0 Å². The fourth-order valence-electron chi connectivity index (χ4n) is 2.67. The smallest absolute Gasteiger partial charge is 0.338 e. The van der Waals surface area contributed by atoms with Gasteiger partial charge in [0.2, 0.25) is 0 Å². The van der Waals surface area contributed by atoms with Crippen LogP contribution in [0.1, 0.15) is 48.5 Å². The number of carbonyl (C=O) groups is 1. The highest BCUT2D eigenvalue weighted by molar-refractivity contribution is 5.89. The van der Waals surface area contributed by atoms with Gasteiger partial charge in [-0.05, 0) is 55.7 Å². The van der Waals surface area contributed by atoms with Crippen molar-refractivity contribution in [1.29, 1.82) is 5.26 Å². The van der Waals surface area contributed by atoms with Gasteiger partial charge in [-0.15, -0.1) is 0 Å². The van der Waals surface area contributed by atoms with Gasteiger partial charge in [-0.1, -0.05) is 25.1 Å². The molecule has 0 amide bonds. The van der Waals surface area contributed by atoms with Crippen molar-refractivity contribution in [2.45, 2.75) is 45.1 Å². The Balaban J connectivity index is 1.84. The van der Waals surface area contributed by atoms with Crippen LogP contribution in [0.15, 0.2) is 36.4 Å². The molecular formula is C18H21NO2. The van der Waals surface area contributed by atoms with Gasteiger partial charge in [-0.3, -0.25) is 0 Å². The lowest BCUT2D eigenvalue weighted by atomic mass is 9.87. The Bertz CT molecular complexity index is 531. The Morgan fingerprint density at radius 1 is 1.29 bits per heavy atom. The third kappa shape index (κ3) is 4.46. The van der Waals surface area contributed by atoms with E-state index in [-0.39, 0.29) is 12.1 Å². The number of nitrogens with zero attached hydrogens (tertiary/aromatic N) is 1. The fraction of sp³-hybridized carbons (Fsp3) is 0.444. The molecule has 1 saturated carbocycles. The first-order valence-corrected chi connectivity index (χ1v) is 7.59. The number of ether oxygens (including phenoxy) is 1. The number of hydrogen-bond acceptors (Lipinski definition) is 3. The van der Waals surface area contributed by atoms with E-state index < -0.39 is 0 Å².